The van der Waals surface area contributed by atoms with Crippen molar-refractivity contribution in [2.75, 3.05) is 13.7 Å². The standard InChI is InChI=1S/C17H16O4/c1-3-21-17(19)16(18)14-11-13(9-10-15(14)20-2)12-7-5-4-6-8-12/h4-11H,3H2,1-2H3. The highest BCUT2D eigenvalue weighted by atomic mass is 16.5. The second kappa shape index (κ2) is 6.70. The molecular weight excluding hydrogens is 268 g/mol. The Morgan fingerprint density at radius 2 is 1.71 bits per heavy atom. The van der Waals surface area contributed by atoms with E-state index in [9.17, 15) is 9.59 Å². The van der Waals surface area contributed by atoms with Gasteiger partial charge in [-0.1, -0.05) is 36.4 Å². The van der Waals surface area contributed by atoms with E-state index in [0.29, 0.717) is 5.75 Å². The monoisotopic (exact) mass is 284 g/mol. The van der Waals surface area contributed by atoms with Crippen LogP contribution in [0.1, 0.15) is 17.3 Å². The second-order valence-electron chi connectivity index (χ2n) is 4.33. The van der Waals surface area contributed by atoms with Gasteiger partial charge in [0.15, 0.2) is 0 Å². The minimum atomic E-state index is -0.874. The molecule has 0 saturated heterocycles. The number of Topliss-reactive ketones (excluding diaryl/α,β-unsaturated/α-hetero) is 1. The lowest BCUT2D eigenvalue weighted by Crippen LogP contribution is -2.18. The lowest BCUT2D eigenvalue weighted by molar-refractivity contribution is -0.137. The molecule has 2 aromatic carbocycles. The molecule has 0 aliphatic rings. The van der Waals surface area contributed by atoms with Crippen molar-refractivity contribution in [3.8, 4) is 16.9 Å². The van der Waals surface area contributed by atoms with Crippen LogP contribution in [0.25, 0.3) is 11.1 Å². The quantitative estimate of drug-likeness (QED) is 0.481. The number of benzene rings is 2. The molecule has 108 valence electrons. The number of ketones is 1. The molecule has 21 heavy (non-hydrogen) atoms. The lowest BCUT2D eigenvalue weighted by atomic mass is 10.0. The predicted molar refractivity (Wildman–Crippen MR) is 79.4 cm³/mol. The van der Waals surface area contributed by atoms with Gasteiger partial charge in [0.2, 0.25) is 0 Å². The Morgan fingerprint density at radius 1 is 1.00 bits per heavy atom. The van der Waals surface area contributed by atoms with Crippen molar-refractivity contribution < 1.29 is 19.1 Å². The van der Waals surface area contributed by atoms with Crippen molar-refractivity contribution in [2.45, 2.75) is 6.92 Å². The van der Waals surface area contributed by atoms with Gasteiger partial charge in [0, 0.05) is 0 Å². The molecule has 0 spiro atoms. The van der Waals surface area contributed by atoms with Gasteiger partial charge in [0.1, 0.15) is 5.75 Å². The van der Waals surface area contributed by atoms with Gasteiger partial charge >= 0.3 is 5.97 Å². The van der Waals surface area contributed by atoms with Crippen molar-refractivity contribution in [3.63, 3.8) is 0 Å². The molecule has 4 heteroatoms. The number of hydrogen-bond donors (Lipinski definition) is 0. The summed E-state index contributed by atoms with van der Waals surface area (Å²) in [5.74, 6) is -1.22. The van der Waals surface area contributed by atoms with Gasteiger partial charge in [-0.05, 0) is 30.2 Å². The van der Waals surface area contributed by atoms with E-state index in [-0.39, 0.29) is 12.2 Å². The van der Waals surface area contributed by atoms with E-state index in [1.807, 2.05) is 36.4 Å². The highest BCUT2D eigenvalue weighted by Crippen LogP contribution is 2.27. The lowest BCUT2D eigenvalue weighted by Gasteiger charge is -2.10. The molecule has 0 atom stereocenters. The summed E-state index contributed by atoms with van der Waals surface area (Å²) >= 11 is 0. The number of hydrogen-bond acceptors (Lipinski definition) is 4. The average molecular weight is 284 g/mol. The van der Waals surface area contributed by atoms with Crippen LogP contribution >= 0.6 is 0 Å². The Kier molecular flexibility index (Phi) is 4.72. The maximum Gasteiger partial charge on any atom is 0.379 e. The van der Waals surface area contributed by atoms with Gasteiger partial charge in [0.05, 0.1) is 19.3 Å². The molecule has 0 unspecified atom stereocenters. The maximum absolute atomic E-state index is 12.1. The molecule has 0 aliphatic heterocycles. The van der Waals surface area contributed by atoms with Crippen LogP contribution in [0.4, 0.5) is 0 Å². The first-order valence-corrected chi connectivity index (χ1v) is 6.62. The van der Waals surface area contributed by atoms with E-state index in [2.05, 4.69) is 0 Å². The largest absolute Gasteiger partial charge is 0.496 e. The van der Waals surface area contributed by atoms with Crippen LogP contribution in [0.5, 0.6) is 5.75 Å². The summed E-state index contributed by atoms with van der Waals surface area (Å²) < 4.78 is 9.92. The highest BCUT2D eigenvalue weighted by Gasteiger charge is 2.22. The Balaban J connectivity index is 2.44. The summed E-state index contributed by atoms with van der Waals surface area (Å²) in [5.41, 5.74) is 2.00. The zero-order valence-electron chi connectivity index (χ0n) is 12.0. The second-order valence-corrected chi connectivity index (χ2v) is 4.33. The minimum absolute atomic E-state index is 0.158. The fourth-order valence-corrected chi connectivity index (χ4v) is 2.00. The van der Waals surface area contributed by atoms with Gasteiger partial charge in [0.25, 0.3) is 5.78 Å². The molecule has 0 N–H and O–H groups in total. The third kappa shape index (κ3) is 3.28. The number of ether oxygens (including phenoxy) is 2. The van der Waals surface area contributed by atoms with Crippen molar-refractivity contribution in [1.29, 1.82) is 0 Å². The van der Waals surface area contributed by atoms with Crippen LogP contribution in [0.15, 0.2) is 48.5 Å². The zero-order chi connectivity index (χ0) is 15.2. The summed E-state index contributed by atoms with van der Waals surface area (Å²) in [5, 5.41) is 0. The number of rotatable bonds is 5. The predicted octanol–water partition coefficient (Wildman–Crippen LogP) is 3.11. The smallest absolute Gasteiger partial charge is 0.379 e. The Morgan fingerprint density at radius 3 is 2.33 bits per heavy atom. The van der Waals surface area contributed by atoms with Crippen LogP contribution in [0.2, 0.25) is 0 Å². The SMILES string of the molecule is CCOC(=O)C(=O)c1cc(-c2ccccc2)ccc1OC. The molecule has 0 aliphatic carbocycles. The van der Waals surface area contributed by atoms with Crippen LogP contribution in [-0.2, 0) is 9.53 Å². The van der Waals surface area contributed by atoms with Crippen molar-refractivity contribution in [2.24, 2.45) is 0 Å². The first-order chi connectivity index (χ1) is 10.2. The first-order valence-electron chi connectivity index (χ1n) is 6.62. The number of carbonyl (C=O) groups is 2. The van der Waals surface area contributed by atoms with Crippen LogP contribution < -0.4 is 4.74 Å². The molecule has 4 nitrogen and oxygen atoms in total. The molecule has 0 fully saturated rings. The normalized spacial score (nSPS) is 10.0. The van der Waals surface area contributed by atoms with Gasteiger partial charge in [-0.2, -0.15) is 0 Å². The minimum Gasteiger partial charge on any atom is -0.496 e. The van der Waals surface area contributed by atoms with Crippen molar-refractivity contribution in [3.05, 3.63) is 54.1 Å². The first kappa shape index (κ1) is 14.8. The Labute approximate surface area is 123 Å². The Hall–Kier alpha value is -2.62. The summed E-state index contributed by atoms with van der Waals surface area (Å²) in [6.07, 6.45) is 0. The third-order valence-electron chi connectivity index (χ3n) is 3.01. The fraction of sp³-hybridized carbons (Fsp3) is 0.176. The molecule has 0 bridgehead atoms. The molecule has 2 rings (SSSR count). The van der Waals surface area contributed by atoms with Gasteiger partial charge in [-0.3, -0.25) is 4.79 Å². The van der Waals surface area contributed by atoms with Gasteiger partial charge in [-0.15, -0.1) is 0 Å². The number of carbonyl (C=O) groups excluding carboxylic acids is 2. The molecule has 2 aromatic rings. The summed E-state index contributed by atoms with van der Waals surface area (Å²) in [6, 6.07) is 14.8. The molecule has 0 amide bonds. The summed E-state index contributed by atoms with van der Waals surface area (Å²) in [7, 11) is 1.46. The van der Waals surface area contributed by atoms with E-state index in [1.165, 1.54) is 7.11 Å². The molecule has 0 radical (unpaired) electrons. The molecule has 0 aromatic heterocycles. The van der Waals surface area contributed by atoms with E-state index in [1.54, 1.807) is 19.1 Å². The zero-order valence-corrected chi connectivity index (χ0v) is 12.0. The topological polar surface area (TPSA) is 52.6 Å². The van der Waals surface area contributed by atoms with E-state index in [0.717, 1.165) is 11.1 Å². The molecular formula is C17H16O4. The fourth-order valence-electron chi connectivity index (χ4n) is 2.00. The molecule has 0 saturated carbocycles. The Bertz CT molecular complexity index is 647. The van der Waals surface area contributed by atoms with Gasteiger partial charge in [-0.25, -0.2) is 4.79 Å². The van der Waals surface area contributed by atoms with E-state index in [4.69, 9.17) is 9.47 Å². The maximum atomic E-state index is 12.1. The van der Waals surface area contributed by atoms with Crippen LogP contribution in [-0.4, -0.2) is 25.5 Å². The van der Waals surface area contributed by atoms with Crippen LogP contribution in [0.3, 0.4) is 0 Å². The summed E-state index contributed by atoms with van der Waals surface area (Å²) in [4.78, 5) is 23.8. The highest BCUT2D eigenvalue weighted by molar-refractivity contribution is 6.41. The third-order valence-corrected chi connectivity index (χ3v) is 3.01. The van der Waals surface area contributed by atoms with Crippen LogP contribution in [0, 0.1) is 0 Å². The van der Waals surface area contributed by atoms with Gasteiger partial charge < -0.3 is 9.47 Å². The van der Waals surface area contributed by atoms with Crippen molar-refractivity contribution >= 4 is 11.8 Å². The number of esters is 1. The van der Waals surface area contributed by atoms with E-state index >= 15 is 0 Å². The summed E-state index contributed by atoms with van der Waals surface area (Å²) in [6.45, 7) is 1.81. The van der Waals surface area contributed by atoms with E-state index < -0.39 is 11.8 Å². The molecule has 0 heterocycles. The average Bonchev–Trinajstić information content (AvgIpc) is 2.54. The van der Waals surface area contributed by atoms with Crippen molar-refractivity contribution in [1.82, 2.24) is 0 Å². The number of methoxy groups -OCH3 is 1.